The van der Waals surface area contributed by atoms with E-state index in [1.165, 1.54) is 0 Å². The lowest BCUT2D eigenvalue weighted by Crippen LogP contribution is -2.55. The maximum absolute atomic E-state index is 12.3. The molecule has 2 aromatic rings. The van der Waals surface area contributed by atoms with Crippen molar-refractivity contribution in [1.29, 1.82) is 0 Å². The average molecular weight is 360 g/mol. The number of halogens is 2. The standard InChI is InChI=1S/C15H21N5O.2ClH/c1-11(2)15(3,9-16)19-14(21)12-4-5-13(18-8-12)20-7-6-17-10-20;;/h4-8,10-11H,9,16H2,1-3H3,(H,19,21);2*1H. The Labute approximate surface area is 148 Å². The smallest absolute Gasteiger partial charge is 0.253 e. The lowest BCUT2D eigenvalue weighted by Gasteiger charge is -2.33. The van der Waals surface area contributed by atoms with Gasteiger partial charge in [-0.05, 0) is 25.0 Å². The normalized spacial score (nSPS) is 12.7. The van der Waals surface area contributed by atoms with Gasteiger partial charge in [-0.3, -0.25) is 9.36 Å². The SMILES string of the molecule is CC(C)C(C)(CN)NC(=O)c1ccc(-n2ccnc2)nc1.Cl.Cl. The number of amides is 1. The Morgan fingerprint density at radius 2 is 2.09 bits per heavy atom. The molecule has 0 saturated carbocycles. The molecule has 2 heterocycles. The van der Waals surface area contributed by atoms with Crippen molar-refractivity contribution in [3.8, 4) is 5.82 Å². The molecule has 6 nitrogen and oxygen atoms in total. The Kier molecular flexibility index (Phi) is 8.23. The number of hydrogen-bond acceptors (Lipinski definition) is 4. The summed E-state index contributed by atoms with van der Waals surface area (Å²) < 4.78 is 1.78. The lowest BCUT2D eigenvalue weighted by atomic mass is 9.88. The van der Waals surface area contributed by atoms with Crippen molar-refractivity contribution in [2.24, 2.45) is 11.7 Å². The molecule has 2 rings (SSSR count). The van der Waals surface area contributed by atoms with Crippen LogP contribution in [0.3, 0.4) is 0 Å². The fourth-order valence-electron chi connectivity index (χ4n) is 1.83. The highest BCUT2D eigenvalue weighted by molar-refractivity contribution is 5.94. The van der Waals surface area contributed by atoms with Gasteiger partial charge in [-0.1, -0.05) is 13.8 Å². The zero-order valence-corrected chi connectivity index (χ0v) is 15.0. The molecule has 23 heavy (non-hydrogen) atoms. The molecule has 2 aromatic heterocycles. The maximum atomic E-state index is 12.3. The molecule has 1 atom stereocenters. The quantitative estimate of drug-likeness (QED) is 0.856. The highest BCUT2D eigenvalue weighted by Gasteiger charge is 2.28. The lowest BCUT2D eigenvalue weighted by molar-refractivity contribution is 0.0883. The number of nitrogens with zero attached hydrogens (tertiary/aromatic N) is 3. The van der Waals surface area contributed by atoms with Crippen LogP contribution in [0.1, 0.15) is 31.1 Å². The van der Waals surface area contributed by atoms with Crippen molar-refractivity contribution in [2.75, 3.05) is 6.54 Å². The van der Waals surface area contributed by atoms with Crippen molar-refractivity contribution in [3.05, 3.63) is 42.6 Å². The third-order valence-electron chi connectivity index (χ3n) is 3.88. The molecule has 0 aromatic carbocycles. The van der Waals surface area contributed by atoms with E-state index in [1.54, 1.807) is 41.6 Å². The average Bonchev–Trinajstić information content (AvgIpc) is 3.01. The van der Waals surface area contributed by atoms with E-state index in [1.807, 2.05) is 20.8 Å². The molecular formula is C15H23Cl2N5O. The van der Waals surface area contributed by atoms with E-state index in [0.29, 0.717) is 12.1 Å². The molecule has 0 spiro atoms. The highest BCUT2D eigenvalue weighted by atomic mass is 35.5. The summed E-state index contributed by atoms with van der Waals surface area (Å²) in [6, 6.07) is 3.53. The van der Waals surface area contributed by atoms with Crippen LogP contribution in [0.4, 0.5) is 0 Å². The Balaban J connectivity index is 0.00000242. The van der Waals surface area contributed by atoms with Crippen molar-refractivity contribution in [3.63, 3.8) is 0 Å². The van der Waals surface area contributed by atoms with E-state index >= 15 is 0 Å². The van der Waals surface area contributed by atoms with Crippen molar-refractivity contribution < 1.29 is 4.79 Å². The molecule has 1 amide bonds. The number of aromatic nitrogens is 3. The zero-order valence-electron chi connectivity index (χ0n) is 13.4. The molecular weight excluding hydrogens is 337 g/mol. The fraction of sp³-hybridized carbons (Fsp3) is 0.400. The fourth-order valence-corrected chi connectivity index (χ4v) is 1.83. The van der Waals surface area contributed by atoms with Crippen LogP contribution in [-0.4, -0.2) is 32.5 Å². The van der Waals surface area contributed by atoms with Crippen LogP contribution in [-0.2, 0) is 0 Å². The summed E-state index contributed by atoms with van der Waals surface area (Å²) in [6.45, 7) is 6.40. The van der Waals surface area contributed by atoms with Gasteiger partial charge in [0.1, 0.15) is 12.1 Å². The Morgan fingerprint density at radius 3 is 2.52 bits per heavy atom. The van der Waals surface area contributed by atoms with Crippen LogP contribution in [0.25, 0.3) is 5.82 Å². The largest absolute Gasteiger partial charge is 0.345 e. The molecule has 1 unspecified atom stereocenters. The first-order chi connectivity index (χ1) is 9.96. The number of nitrogens with two attached hydrogens (primary N) is 1. The van der Waals surface area contributed by atoms with Crippen LogP contribution in [0.15, 0.2) is 37.1 Å². The number of rotatable bonds is 5. The van der Waals surface area contributed by atoms with Crippen LogP contribution in [0.5, 0.6) is 0 Å². The topological polar surface area (TPSA) is 85.8 Å². The van der Waals surface area contributed by atoms with Gasteiger partial charge in [0.15, 0.2) is 0 Å². The Hall–Kier alpha value is -1.63. The minimum atomic E-state index is -0.430. The van der Waals surface area contributed by atoms with Gasteiger partial charge in [-0.2, -0.15) is 0 Å². The van der Waals surface area contributed by atoms with E-state index in [0.717, 1.165) is 5.82 Å². The Bertz CT molecular complexity index is 601. The van der Waals surface area contributed by atoms with Gasteiger partial charge in [0.2, 0.25) is 0 Å². The minimum absolute atomic E-state index is 0. The predicted molar refractivity (Wildman–Crippen MR) is 95.6 cm³/mol. The molecule has 0 aliphatic carbocycles. The number of carbonyl (C=O) groups excluding carboxylic acids is 1. The van der Waals surface area contributed by atoms with Gasteiger partial charge >= 0.3 is 0 Å². The molecule has 0 aliphatic rings. The summed E-state index contributed by atoms with van der Waals surface area (Å²) in [5.41, 5.74) is 5.86. The van der Waals surface area contributed by atoms with Crippen LogP contribution in [0.2, 0.25) is 0 Å². The molecule has 0 bridgehead atoms. The van der Waals surface area contributed by atoms with Gasteiger partial charge in [0.25, 0.3) is 5.91 Å². The van der Waals surface area contributed by atoms with Crippen LogP contribution < -0.4 is 11.1 Å². The van der Waals surface area contributed by atoms with Crippen LogP contribution in [0, 0.1) is 5.92 Å². The molecule has 8 heteroatoms. The summed E-state index contributed by atoms with van der Waals surface area (Å²) in [7, 11) is 0. The first kappa shape index (κ1) is 21.4. The first-order valence-electron chi connectivity index (χ1n) is 6.93. The van der Waals surface area contributed by atoms with Gasteiger partial charge in [0.05, 0.1) is 11.1 Å². The van der Waals surface area contributed by atoms with E-state index in [4.69, 9.17) is 5.73 Å². The molecule has 0 aliphatic heterocycles. The third-order valence-corrected chi connectivity index (χ3v) is 3.88. The van der Waals surface area contributed by atoms with E-state index in [-0.39, 0.29) is 36.6 Å². The maximum Gasteiger partial charge on any atom is 0.253 e. The van der Waals surface area contributed by atoms with Gasteiger partial charge in [-0.25, -0.2) is 9.97 Å². The number of hydrogen-bond donors (Lipinski definition) is 2. The number of imidazole rings is 1. The van der Waals surface area contributed by atoms with Gasteiger partial charge < -0.3 is 11.1 Å². The van der Waals surface area contributed by atoms with Crippen molar-refractivity contribution >= 4 is 30.7 Å². The summed E-state index contributed by atoms with van der Waals surface area (Å²) >= 11 is 0. The summed E-state index contributed by atoms with van der Waals surface area (Å²) in [5, 5.41) is 2.99. The third kappa shape index (κ3) is 4.92. The highest BCUT2D eigenvalue weighted by Crippen LogP contribution is 2.16. The Morgan fingerprint density at radius 1 is 1.39 bits per heavy atom. The van der Waals surface area contributed by atoms with Crippen molar-refractivity contribution in [1.82, 2.24) is 19.9 Å². The molecule has 0 radical (unpaired) electrons. The second kappa shape index (κ2) is 8.86. The number of nitrogens with one attached hydrogen (secondary N) is 1. The predicted octanol–water partition coefficient (Wildman–Crippen LogP) is 2.21. The van der Waals surface area contributed by atoms with Crippen LogP contribution >= 0.6 is 24.8 Å². The molecule has 3 N–H and O–H groups in total. The second-order valence-corrected chi connectivity index (χ2v) is 5.61. The minimum Gasteiger partial charge on any atom is -0.345 e. The number of carbonyl (C=O) groups is 1. The van der Waals surface area contributed by atoms with Crippen molar-refractivity contribution in [2.45, 2.75) is 26.3 Å². The summed E-state index contributed by atoms with van der Waals surface area (Å²) in [4.78, 5) is 20.5. The van der Waals surface area contributed by atoms with Gasteiger partial charge in [-0.15, -0.1) is 24.8 Å². The molecule has 0 saturated heterocycles. The summed E-state index contributed by atoms with van der Waals surface area (Å²) in [5.74, 6) is 0.792. The zero-order chi connectivity index (χ0) is 15.5. The molecule has 0 fully saturated rings. The summed E-state index contributed by atoms with van der Waals surface area (Å²) in [6.07, 6.45) is 6.69. The van der Waals surface area contributed by atoms with E-state index in [2.05, 4.69) is 15.3 Å². The number of pyridine rings is 1. The first-order valence-corrected chi connectivity index (χ1v) is 6.93. The van der Waals surface area contributed by atoms with E-state index in [9.17, 15) is 4.79 Å². The second-order valence-electron chi connectivity index (χ2n) is 5.61. The molecule has 128 valence electrons. The van der Waals surface area contributed by atoms with E-state index < -0.39 is 5.54 Å². The van der Waals surface area contributed by atoms with Gasteiger partial charge in [0, 0.05) is 25.1 Å². The monoisotopic (exact) mass is 359 g/mol.